The third kappa shape index (κ3) is 3.49. The molecule has 1 aromatic carbocycles. The van der Waals surface area contributed by atoms with Crippen molar-refractivity contribution in [2.24, 2.45) is 0 Å². The minimum atomic E-state index is -0.110. The van der Waals surface area contributed by atoms with Gasteiger partial charge in [-0.15, -0.1) is 0 Å². The average Bonchev–Trinajstić information content (AvgIpc) is 2.71. The Balaban J connectivity index is 1.50. The van der Waals surface area contributed by atoms with Crippen LogP contribution in [0.2, 0.25) is 0 Å². The van der Waals surface area contributed by atoms with Crippen LogP contribution < -0.4 is 5.32 Å². The predicted octanol–water partition coefficient (Wildman–Crippen LogP) is 1.98. The lowest BCUT2D eigenvalue weighted by atomic mass is 9.78. The van der Waals surface area contributed by atoms with Crippen LogP contribution in [0.3, 0.4) is 0 Å². The molecule has 0 aromatic heterocycles. The molecule has 2 aliphatic rings. The quantitative estimate of drug-likeness (QED) is 0.924. The Morgan fingerprint density at radius 1 is 1.30 bits per heavy atom. The second-order valence-electron chi connectivity index (χ2n) is 6.44. The van der Waals surface area contributed by atoms with E-state index in [0.717, 1.165) is 32.4 Å². The molecule has 0 bridgehead atoms. The van der Waals surface area contributed by atoms with Gasteiger partial charge in [0.1, 0.15) is 6.54 Å². The van der Waals surface area contributed by atoms with Crippen LogP contribution in [-0.2, 0) is 11.2 Å². The van der Waals surface area contributed by atoms with Gasteiger partial charge in [0.05, 0.1) is 0 Å². The summed E-state index contributed by atoms with van der Waals surface area (Å²) in [7, 11) is 0. The Kier molecular flexibility index (Phi) is 4.84. The molecule has 1 N–H and O–H groups in total. The van der Waals surface area contributed by atoms with Crippen molar-refractivity contribution in [3.63, 3.8) is 0 Å². The van der Waals surface area contributed by atoms with Gasteiger partial charge < -0.3 is 15.1 Å². The Labute approximate surface area is 137 Å². The molecule has 0 saturated carbocycles. The number of rotatable bonds is 4. The Hall–Kier alpha value is -2.04. The van der Waals surface area contributed by atoms with E-state index in [0.29, 0.717) is 19.0 Å². The third-order valence-corrected chi connectivity index (χ3v) is 4.78. The van der Waals surface area contributed by atoms with Crippen molar-refractivity contribution in [2.45, 2.75) is 32.1 Å². The zero-order valence-corrected chi connectivity index (χ0v) is 13.8. The van der Waals surface area contributed by atoms with Gasteiger partial charge in [0.15, 0.2) is 0 Å². The van der Waals surface area contributed by atoms with E-state index in [1.54, 1.807) is 4.90 Å². The Morgan fingerprint density at radius 3 is 2.91 bits per heavy atom. The Morgan fingerprint density at radius 2 is 2.13 bits per heavy atom. The molecule has 1 aliphatic heterocycles. The van der Waals surface area contributed by atoms with Gasteiger partial charge in [-0.2, -0.15) is 0 Å². The summed E-state index contributed by atoms with van der Waals surface area (Å²) >= 11 is 0. The zero-order valence-electron chi connectivity index (χ0n) is 13.8. The molecule has 3 amide bonds. The molecule has 3 rings (SSSR count). The fourth-order valence-corrected chi connectivity index (χ4v) is 3.47. The van der Waals surface area contributed by atoms with Gasteiger partial charge in [-0.25, -0.2) is 4.79 Å². The Bertz CT molecular complexity index is 587. The first-order valence-electron chi connectivity index (χ1n) is 8.57. The summed E-state index contributed by atoms with van der Waals surface area (Å²) in [4.78, 5) is 28.1. The molecule has 1 aliphatic carbocycles. The molecule has 1 heterocycles. The zero-order chi connectivity index (χ0) is 16.2. The van der Waals surface area contributed by atoms with Crippen molar-refractivity contribution in [2.75, 3.05) is 32.7 Å². The smallest absolute Gasteiger partial charge is 0.317 e. The molecule has 5 heteroatoms. The highest BCUT2D eigenvalue weighted by molar-refractivity contribution is 5.84. The van der Waals surface area contributed by atoms with Crippen molar-refractivity contribution in [3.05, 3.63) is 35.4 Å². The van der Waals surface area contributed by atoms with Crippen LogP contribution in [0.15, 0.2) is 24.3 Å². The number of hydrogen-bond donors (Lipinski definition) is 1. The van der Waals surface area contributed by atoms with Gasteiger partial charge >= 0.3 is 6.03 Å². The first-order valence-corrected chi connectivity index (χ1v) is 8.57. The summed E-state index contributed by atoms with van der Waals surface area (Å²) < 4.78 is 0. The van der Waals surface area contributed by atoms with E-state index in [1.807, 2.05) is 11.0 Å². The minimum absolute atomic E-state index is 0.0634. The van der Waals surface area contributed by atoms with Crippen molar-refractivity contribution in [3.8, 4) is 0 Å². The fraction of sp³-hybridized carbons (Fsp3) is 0.556. The van der Waals surface area contributed by atoms with E-state index in [-0.39, 0.29) is 18.5 Å². The SMILES string of the molecule is CCCN1CCCN(C(=O)NCC2Cc3ccccc32)CC1=O. The molecule has 1 aromatic rings. The topological polar surface area (TPSA) is 52.6 Å². The second-order valence-corrected chi connectivity index (χ2v) is 6.44. The maximum absolute atomic E-state index is 12.4. The van der Waals surface area contributed by atoms with Crippen LogP contribution in [0, 0.1) is 0 Å². The summed E-state index contributed by atoms with van der Waals surface area (Å²) in [5.74, 6) is 0.475. The lowest BCUT2D eigenvalue weighted by Gasteiger charge is -2.31. The first kappa shape index (κ1) is 15.8. The van der Waals surface area contributed by atoms with Crippen LogP contribution in [0.5, 0.6) is 0 Å². The number of fused-ring (bicyclic) bond motifs is 1. The summed E-state index contributed by atoms with van der Waals surface area (Å²) in [5.41, 5.74) is 2.72. The van der Waals surface area contributed by atoms with E-state index in [9.17, 15) is 9.59 Å². The second kappa shape index (κ2) is 7.02. The first-order chi connectivity index (χ1) is 11.2. The number of urea groups is 1. The van der Waals surface area contributed by atoms with Gasteiger partial charge in [-0.3, -0.25) is 4.79 Å². The van der Waals surface area contributed by atoms with E-state index < -0.39 is 0 Å². The van der Waals surface area contributed by atoms with E-state index in [2.05, 4.69) is 30.4 Å². The molecule has 1 unspecified atom stereocenters. The lowest BCUT2D eigenvalue weighted by molar-refractivity contribution is -0.130. The van der Waals surface area contributed by atoms with E-state index in [1.165, 1.54) is 11.1 Å². The molecule has 1 fully saturated rings. The van der Waals surface area contributed by atoms with Gasteiger partial charge in [0, 0.05) is 32.1 Å². The number of amides is 3. The van der Waals surface area contributed by atoms with Gasteiger partial charge in [-0.05, 0) is 30.4 Å². The minimum Gasteiger partial charge on any atom is -0.341 e. The fourth-order valence-electron chi connectivity index (χ4n) is 3.47. The van der Waals surface area contributed by atoms with Crippen molar-refractivity contribution in [1.29, 1.82) is 0 Å². The third-order valence-electron chi connectivity index (χ3n) is 4.78. The normalized spacial score (nSPS) is 20.6. The number of nitrogens with zero attached hydrogens (tertiary/aromatic N) is 2. The largest absolute Gasteiger partial charge is 0.341 e. The molecule has 1 atom stereocenters. The van der Waals surface area contributed by atoms with Crippen molar-refractivity contribution < 1.29 is 9.59 Å². The summed E-state index contributed by atoms with van der Waals surface area (Å²) in [5, 5.41) is 3.01. The predicted molar refractivity (Wildman–Crippen MR) is 89.3 cm³/mol. The highest BCUT2D eigenvalue weighted by Gasteiger charge is 2.28. The molecule has 1 saturated heterocycles. The number of carbonyl (C=O) groups is 2. The summed E-state index contributed by atoms with van der Waals surface area (Å²) in [6, 6.07) is 8.26. The van der Waals surface area contributed by atoms with Gasteiger partial charge in [-0.1, -0.05) is 31.2 Å². The van der Waals surface area contributed by atoms with Gasteiger partial charge in [0.2, 0.25) is 5.91 Å². The van der Waals surface area contributed by atoms with Crippen LogP contribution in [-0.4, -0.2) is 54.5 Å². The lowest BCUT2D eigenvalue weighted by Crippen LogP contribution is -2.46. The van der Waals surface area contributed by atoms with Crippen LogP contribution in [0.25, 0.3) is 0 Å². The molecule has 0 radical (unpaired) electrons. The molecule has 5 nitrogen and oxygen atoms in total. The van der Waals surface area contributed by atoms with Gasteiger partial charge in [0.25, 0.3) is 0 Å². The standard InChI is InChI=1S/C18H25N3O2/c1-2-8-20-9-5-10-21(13-17(20)22)18(23)19-12-15-11-14-6-3-4-7-16(14)15/h3-4,6-7,15H,2,5,8-13H2,1H3,(H,19,23). The molecule has 0 spiro atoms. The molecular formula is C18H25N3O2. The maximum Gasteiger partial charge on any atom is 0.317 e. The average molecular weight is 315 g/mol. The monoisotopic (exact) mass is 315 g/mol. The van der Waals surface area contributed by atoms with Crippen molar-refractivity contribution >= 4 is 11.9 Å². The number of hydrogen-bond acceptors (Lipinski definition) is 2. The van der Waals surface area contributed by atoms with Crippen LogP contribution in [0.4, 0.5) is 4.79 Å². The summed E-state index contributed by atoms with van der Waals surface area (Å²) in [6.07, 6.45) is 2.84. The maximum atomic E-state index is 12.4. The summed E-state index contributed by atoms with van der Waals surface area (Å²) in [6.45, 7) is 5.12. The van der Waals surface area contributed by atoms with Crippen molar-refractivity contribution in [1.82, 2.24) is 15.1 Å². The highest BCUT2D eigenvalue weighted by Crippen LogP contribution is 2.33. The number of carbonyl (C=O) groups excluding carboxylic acids is 2. The molecular weight excluding hydrogens is 290 g/mol. The molecule has 23 heavy (non-hydrogen) atoms. The molecule has 124 valence electrons. The number of benzene rings is 1. The van der Waals surface area contributed by atoms with E-state index >= 15 is 0 Å². The highest BCUT2D eigenvalue weighted by atomic mass is 16.2. The van der Waals surface area contributed by atoms with E-state index in [4.69, 9.17) is 0 Å². The number of nitrogens with one attached hydrogen (secondary N) is 1. The van der Waals surface area contributed by atoms with Crippen LogP contribution >= 0.6 is 0 Å². The van der Waals surface area contributed by atoms with Crippen LogP contribution in [0.1, 0.15) is 36.8 Å².